The average molecular weight is 235 g/mol. The van der Waals surface area contributed by atoms with E-state index in [0.717, 1.165) is 12.8 Å². The highest BCUT2D eigenvalue weighted by Gasteiger charge is 2.46. The van der Waals surface area contributed by atoms with Crippen molar-refractivity contribution in [1.82, 2.24) is 0 Å². The van der Waals surface area contributed by atoms with Crippen molar-refractivity contribution in [2.45, 2.75) is 18.4 Å². The van der Waals surface area contributed by atoms with E-state index in [1.54, 1.807) is 18.2 Å². The molecule has 17 heavy (non-hydrogen) atoms. The van der Waals surface area contributed by atoms with Gasteiger partial charge in [-0.25, -0.2) is 4.39 Å². The first kappa shape index (κ1) is 10.7. The average Bonchev–Trinajstić information content (AvgIpc) is 3.08. The molecule has 90 valence electrons. The summed E-state index contributed by atoms with van der Waals surface area (Å²) in [7, 11) is 0. The summed E-state index contributed by atoms with van der Waals surface area (Å²) in [4.78, 5) is 0. The molecule has 2 aromatic rings. The molecule has 4 heteroatoms. The van der Waals surface area contributed by atoms with Gasteiger partial charge < -0.3 is 15.3 Å². The number of para-hydroxylation sites is 1. The minimum atomic E-state index is -1.15. The summed E-state index contributed by atoms with van der Waals surface area (Å²) in [5, 5.41) is 11.1. The Hall–Kier alpha value is -1.39. The third-order valence-corrected chi connectivity index (χ3v) is 3.49. The fourth-order valence-electron chi connectivity index (χ4n) is 2.27. The Morgan fingerprint density at radius 3 is 2.82 bits per heavy atom. The second kappa shape index (κ2) is 3.55. The number of hydrogen-bond donors (Lipinski definition) is 2. The number of fused-ring (bicyclic) bond motifs is 1. The second-order valence-corrected chi connectivity index (χ2v) is 4.67. The van der Waals surface area contributed by atoms with E-state index in [2.05, 4.69) is 0 Å². The van der Waals surface area contributed by atoms with Gasteiger partial charge in [0.25, 0.3) is 0 Å². The monoisotopic (exact) mass is 235 g/mol. The molecule has 1 heterocycles. The van der Waals surface area contributed by atoms with Gasteiger partial charge in [0.1, 0.15) is 11.4 Å². The van der Waals surface area contributed by atoms with Gasteiger partial charge in [-0.1, -0.05) is 12.1 Å². The third kappa shape index (κ3) is 1.56. The minimum absolute atomic E-state index is 0.0963. The Kier molecular flexibility index (Phi) is 2.24. The maximum atomic E-state index is 13.5. The van der Waals surface area contributed by atoms with Gasteiger partial charge in [0.15, 0.2) is 11.4 Å². The molecule has 1 aromatic heterocycles. The van der Waals surface area contributed by atoms with Crippen LogP contribution in [-0.2, 0) is 5.60 Å². The lowest BCUT2D eigenvalue weighted by Crippen LogP contribution is -2.36. The molecular weight excluding hydrogens is 221 g/mol. The molecule has 1 atom stereocenters. The van der Waals surface area contributed by atoms with Crippen LogP contribution in [0.4, 0.5) is 4.39 Å². The lowest BCUT2D eigenvalue weighted by Gasteiger charge is -2.23. The number of nitrogens with two attached hydrogens (primary N) is 1. The highest BCUT2D eigenvalue weighted by Crippen LogP contribution is 2.46. The van der Waals surface area contributed by atoms with E-state index in [1.165, 1.54) is 6.07 Å². The van der Waals surface area contributed by atoms with Crippen LogP contribution in [0.1, 0.15) is 18.6 Å². The first-order valence-electron chi connectivity index (χ1n) is 5.76. The van der Waals surface area contributed by atoms with Crippen molar-refractivity contribution in [3.63, 3.8) is 0 Å². The molecule has 3 nitrogen and oxygen atoms in total. The van der Waals surface area contributed by atoms with Crippen molar-refractivity contribution in [3.8, 4) is 0 Å². The van der Waals surface area contributed by atoms with Crippen molar-refractivity contribution < 1.29 is 13.9 Å². The molecule has 0 aliphatic heterocycles. The number of rotatable bonds is 3. The second-order valence-electron chi connectivity index (χ2n) is 4.67. The Labute approximate surface area is 98.0 Å². The predicted molar refractivity (Wildman–Crippen MR) is 61.8 cm³/mol. The fourth-order valence-corrected chi connectivity index (χ4v) is 2.27. The van der Waals surface area contributed by atoms with Gasteiger partial charge in [-0.05, 0) is 30.9 Å². The lowest BCUT2D eigenvalue weighted by atomic mass is 9.95. The predicted octanol–water partition coefficient (Wildman–Crippen LogP) is 2.13. The number of benzene rings is 1. The number of aliphatic hydroxyl groups is 1. The molecule has 3 N–H and O–H groups in total. The van der Waals surface area contributed by atoms with Crippen LogP contribution in [0.15, 0.2) is 28.7 Å². The molecular formula is C13H14FNO2. The van der Waals surface area contributed by atoms with E-state index in [0.29, 0.717) is 11.1 Å². The van der Waals surface area contributed by atoms with Crippen molar-refractivity contribution in [2.75, 3.05) is 6.54 Å². The van der Waals surface area contributed by atoms with Crippen LogP contribution in [0.5, 0.6) is 0 Å². The van der Waals surface area contributed by atoms with Crippen molar-refractivity contribution in [1.29, 1.82) is 0 Å². The first-order chi connectivity index (χ1) is 8.15. The summed E-state index contributed by atoms with van der Waals surface area (Å²) in [6.07, 6.45) is 1.88. The van der Waals surface area contributed by atoms with E-state index in [1.807, 2.05) is 0 Å². The van der Waals surface area contributed by atoms with Crippen LogP contribution in [0.2, 0.25) is 0 Å². The quantitative estimate of drug-likeness (QED) is 0.856. The Morgan fingerprint density at radius 1 is 1.47 bits per heavy atom. The van der Waals surface area contributed by atoms with Crippen molar-refractivity contribution in [3.05, 3.63) is 35.8 Å². The topological polar surface area (TPSA) is 59.4 Å². The van der Waals surface area contributed by atoms with Gasteiger partial charge in [-0.3, -0.25) is 0 Å². The lowest BCUT2D eigenvalue weighted by molar-refractivity contribution is 0.00241. The van der Waals surface area contributed by atoms with Crippen LogP contribution in [0.3, 0.4) is 0 Å². The molecule has 0 saturated heterocycles. The van der Waals surface area contributed by atoms with E-state index < -0.39 is 11.4 Å². The van der Waals surface area contributed by atoms with Gasteiger partial charge in [-0.15, -0.1) is 0 Å². The summed E-state index contributed by atoms with van der Waals surface area (Å²) >= 11 is 0. The summed E-state index contributed by atoms with van der Waals surface area (Å²) in [6.45, 7) is 0.0963. The zero-order chi connectivity index (χ0) is 12.0. The Balaban J connectivity index is 2.14. The maximum absolute atomic E-state index is 13.5. The van der Waals surface area contributed by atoms with E-state index in [4.69, 9.17) is 10.2 Å². The standard InChI is InChI=1S/C13H14FNO2/c14-10-3-1-2-8-6-11(17-12(8)10)13(16,7-15)9-4-5-9/h1-3,6,9,16H,4-5,7,15H2. The largest absolute Gasteiger partial charge is 0.455 e. The molecule has 1 aromatic carbocycles. The van der Waals surface area contributed by atoms with Gasteiger partial charge in [0.05, 0.1) is 0 Å². The van der Waals surface area contributed by atoms with Crippen LogP contribution in [-0.4, -0.2) is 11.7 Å². The maximum Gasteiger partial charge on any atom is 0.170 e. The zero-order valence-corrected chi connectivity index (χ0v) is 9.32. The normalized spacial score (nSPS) is 19.5. The Morgan fingerprint density at radius 2 is 2.24 bits per heavy atom. The fraction of sp³-hybridized carbons (Fsp3) is 0.385. The van der Waals surface area contributed by atoms with Gasteiger partial charge >= 0.3 is 0 Å². The first-order valence-corrected chi connectivity index (χ1v) is 5.76. The summed E-state index contributed by atoms with van der Waals surface area (Å²) in [5.74, 6) is 0.0997. The molecule has 1 saturated carbocycles. The highest BCUT2D eigenvalue weighted by atomic mass is 19.1. The molecule has 0 spiro atoms. The molecule has 1 fully saturated rings. The minimum Gasteiger partial charge on any atom is -0.455 e. The van der Waals surface area contributed by atoms with Gasteiger partial charge in [0, 0.05) is 11.9 Å². The van der Waals surface area contributed by atoms with Crippen LogP contribution >= 0.6 is 0 Å². The third-order valence-electron chi connectivity index (χ3n) is 3.49. The van der Waals surface area contributed by atoms with Gasteiger partial charge in [0.2, 0.25) is 0 Å². The van der Waals surface area contributed by atoms with Gasteiger partial charge in [-0.2, -0.15) is 0 Å². The summed E-state index contributed by atoms with van der Waals surface area (Å²) < 4.78 is 19.0. The SMILES string of the molecule is NCC(O)(c1cc2cccc(F)c2o1)C1CC1. The van der Waals surface area contributed by atoms with Crippen molar-refractivity contribution >= 4 is 11.0 Å². The summed E-state index contributed by atoms with van der Waals surface area (Å²) in [5.41, 5.74) is 4.68. The highest BCUT2D eigenvalue weighted by molar-refractivity contribution is 5.78. The smallest absolute Gasteiger partial charge is 0.170 e. The molecule has 0 radical (unpaired) electrons. The van der Waals surface area contributed by atoms with Crippen molar-refractivity contribution in [2.24, 2.45) is 11.7 Å². The van der Waals surface area contributed by atoms with E-state index >= 15 is 0 Å². The van der Waals surface area contributed by atoms with Crippen LogP contribution in [0.25, 0.3) is 11.0 Å². The van der Waals surface area contributed by atoms with E-state index in [-0.39, 0.29) is 18.0 Å². The molecule has 1 unspecified atom stereocenters. The molecule has 3 rings (SSSR count). The molecule has 0 bridgehead atoms. The molecule has 0 amide bonds. The number of halogens is 1. The summed E-state index contributed by atoms with van der Waals surface area (Å²) in [6, 6.07) is 6.41. The number of hydrogen-bond acceptors (Lipinski definition) is 3. The molecule has 1 aliphatic carbocycles. The zero-order valence-electron chi connectivity index (χ0n) is 9.32. The Bertz CT molecular complexity index is 562. The molecule has 1 aliphatic rings. The van der Waals surface area contributed by atoms with E-state index in [9.17, 15) is 9.50 Å². The van der Waals surface area contributed by atoms with Crippen LogP contribution in [0, 0.1) is 11.7 Å². The number of furan rings is 1. The van der Waals surface area contributed by atoms with Crippen LogP contribution < -0.4 is 5.73 Å².